The molecule has 0 bridgehead atoms. The second-order valence-electron chi connectivity index (χ2n) is 2.73. The standard InChI is InChI=1S/C10H8OS/c1-7(11)9-3-2-8-4-5-12-10(8)6-9/h2-6H,1H3. The minimum atomic E-state index is 0.130. The van der Waals surface area contributed by atoms with E-state index in [9.17, 15) is 4.79 Å². The Hall–Kier alpha value is -1.15. The van der Waals surface area contributed by atoms with Crippen molar-refractivity contribution in [3.8, 4) is 0 Å². The maximum atomic E-state index is 11.0. The summed E-state index contributed by atoms with van der Waals surface area (Å²) in [6.45, 7) is 1.59. The molecule has 0 aliphatic heterocycles. The van der Waals surface area contributed by atoms with Crippen LogP contribution in [-0.4, -0.2) is 5.78 Å². The minimum absolute atomic E-state index is 0.130. The lowest BCUT2D eigenvalue weighted by Crippen LogP contribution is -1.89. The molecule has 12 heavy (non-hydrogen) atoms. The van der Waals surface area contributed by atoms with Gasteiger partial charge in [0.2, 0.25) is 0 Å². The van der Waals surface area contributed by atoms with Crippen LogP contribution in [0.5, 0.6) is 0 Å². The van der Waals surface area contributed by atoms with Crippen molar-refractivity contribution in [2.45, 2.75) is 6.92 Å². The molecule has 2 aromatic rings. The van der Waals surface area contributed by atoms with Crippen molar-refractivity contribution < 1.29 is 4.79 Å². The van der Waals surface area contributed by atoms with E-state index in [4.69, 9.17) is 0 Å². The van der Waals surface area contributed by atoms with E-state index in [1.165, 1.54) is 10.1 Å². The van der Waals surface area contributed by atoms with Crippen LogP contribution in [0.1, 0.15) is 17.3 Å². The summed E-state index contributed by atoms with van der Waals surface area (Å²) in [5.41, 5.74) is 0.796. The largest absolute Gasteiger partial charge is 0.295 e. The summed E-state index contributed by atoms with van der Waals surface area (Å²) >= 11 is 1.67. The fraction of sp³-hybridized carbons (Fsp3) is 0.100. The molecule has 2 rings (SSSR count). The summed E-state index contributed by atoms with van der Waals surface area (Å²) in [5, 5.41) is 3.25. The van der Waals surface area contributed by atoms with E-state index >= 15 is 0 Å². The van der Waals surface area contributed by atoms with Gasteiger partial charge in [-0.1, -0.05) is 12.1 Å². The topological polar surface area (TPSA) is 17.1 Å². The molecule has 1 aromatic carbocycles. The molecule has 0 spiro atoms. The number of Topliss-reactive ketones (excluding diaryl/α,β-unsaturated/α-hetero) is 1. The Morgan fingerprint density at radius 3 is 2.92 bits per heavy atom. The average molecular weight is 176 g/mol. The van der Waals surface area contributed by atoms with Gasteiger partial charge in [0.05, 0.1) is 0 Å². The van der Waals surface area contributed by atoms with Crippen molar-refractivity contribution in [3.05, 3.63) is 35.2 Å². The maximum Gasteiger partial charge on any atom is 0.159 e. The predicted molar refractivity (Wildman–Crippen MR) is 51.8 cm³/mol. The Morgan fingerprint density at radius 2 is 2.17 bits per heavy atom. The molecular formula is C10H8OS. The number of hydrogen-bond donors (Lipinski definition) is 0. The molecule has 1 aromatic heterocycles. The monoisotopic (exact) mass is 176 g/mol. The lowest BCUT2D eigenvalue weighted by atomic mass is 10.1. The molecule has 0 radical (unpaired) electrons. The molecule has 0 aliphatic carbocycles. The molecular weight excluding hydrogens is 168 g/mol. The van der Waals surface area contributed by atoms with E-state index < -0.39 is 0 Å². The molecule has 0 atom stereocenters. The molecule has 0 fully saturated rings. The maximum absolute atomic E-state index is 11.0. The predicted octanol–water partition coefficient (Wildman–Crippen LogP) is 3.10. The van der Waals surface area contributed by atoms with Gasteiger partial charge < -0.3 is 0 Å². The van der Waals surface area contributed by atoms with Crippen LogP contribution >= 0.6 is 11.3 Å². The van der Waals surface area contributed by atoms with Gasteiger partial charge in [0.25, 0.3) is 0 Å². The summed E-state index contributed by atoms with van der Waals surface area (Å²) in [5.74, 6) is 0.130. The van der Waals surface area contributed by atoms with Crippen LogP contribution in [0.25, 0.3) is 10.1 Å². The third-order valence-electron chi connectivity index (χ3n) is 1.86. The molecule has 0 amide bonds. The molecule has 1 nitrogen and oxygen atoms in total. The van der Waals surface area contributed by atoms with Crippen molar-refractivity contribution in [2.24, 2.45) is 0 Å². The second-order valence-corrected chi connectivity index (χ2v) is 3.68. The molecule has 0 saturated carbocycles. The van der Waals surface area contributed by atoms with Gasteiger partial charge in [0.15, 0.2) is 5.78 Å². The highest BCUT2D eigenvalue weighted by atomic mass is 32.1. The highest BCUT2D eigenvalue weighted by molar-refractivity contribution is 7.17. The number of carbonyl (C=O) groups excluding carboxylic acids is 1. The van der Waals surface area contributed by atoms with Crippen LogP contribution in [0, 0.1) is 0 Å². The van der Waals surface area contributed by atoms with Crippen LogP contribution in [0.4, 0.5) is 0 Å². The average Bonchev–Trinajstić information content (AvgIpc) is 2.49. The lowest BCUT2D eigenvalue weighted by molar-refractivity contribution is 0.101. The number of ketones is 1. The molecule has 2 heteroatoms. The lowest BCUT2D eigenvalue weighted by Gasteiger charge is -1.94. The van der Waals surface area contributed by atoms with Crippen LogP contribution < -0.4 is 0 Å². The van der Waals surface area contributed by atoms with E-state index in [0.29, 0.717) is 0 Å². The molecule has 1 heterocycles. The number of benzene rings is 1. The Labute approximate surface area is 74.6 Å². The number of hydrogen-bond acceptors (Lipinski definition) is 2. The first-order valence-corrected chi connectivity index (χ1v) is 4.63. The van der Waals surface area contributed by atoms with E-state index in [1.807, 2.05) is 23.6 Å². The normalized spacial score (nSPS) is 10.4. The quantitative estimate of drug-likeness (QED) is 0.610. The molecule has 60 valence electrons. The van der Waals surface area contributed by atoms with Crippen molar-refractivity contribution in [1.29, 1.82) is 0 Å². The molecule has 0 saturated heterocycles. The summed E-state index contributed by atoms with van der Waals surface area (Å²) < 4.78 is 1.18. The summed E-state index contributed by atoms with van der Waals surface area (Å²) in [6.07, 6.45) is 0. The van der Waals surface area contributed by atoms with E-state index in [0.717, 1.165) is 5.56 Å². The fourth-order valence-electron chi connectivity index (χ4n) is 1.17. The van der Waals surface area contributed by atoms with Gasteiger partial charge in [-0.05, 0) is 29.8 Å². The Bertz CT molecular complexity index is 428. The van der Waals surface area contributed by atoms with Gasteiger partial charge in [-0.3, -0.25) is 4.79 Å². The van der Waals surface area contributed by atoms with E-state index in [-0.39, 0.29) is 5.78 Å². The van der Waals surface area contributed by atoms with Crippen LogP contribution in [0.15, 0.2) is 29.6 Å². The Morgan fingerprint density at radius 1 is 1.33 bits per heavy atom. The van der Waals surface area contributed by atoms with Crippen molar-refractivity contribution in [3.63, 3.8) is 0 Å². The summed E-state index contributed by atoms with van der Waals surface area (Å²) in [4.78, 5) is 11.0. The number of carbonyl (C=O) groups is 1. The summed E-state index contributed by atoms with van der Waals surface area (Å²) in [7, 11) is 0. The van der Waals surface area contributed by atoms with Crippen LogP contribution in [0.3, 0.4) is 0 Å². The zero-order chi connectivity index (χ0) is 8.55. The van der Waals surface area contributed by atoms with Gasteiger partial charge in [0, 0.05) is 10.3 Å². The van der Waals surface area contributed by atoms with Gasteiger partial charge in [-0.15, -0.1) is 11.3 Å². The van der Waals surface area contributed by atoms with Gasteiger partial charge in [-0.2, -0.15) is 0 Å². The zero-order valence-electron chi connectivity index (χ0n) is 6.70. The first-order chi connectivity index (χ1) is 5.77. The van der Waals surface area contributed by atoms with Gasteiger partial charge >= 0.3 is 0 Å². The SMILES string of the molecule is CC(=O)c1ccc2ccsc2c1. The van der Waals surface area contributed by atoms with Crippen LogP contribution in [-0.2, 0) is 0 Å². The van der Waals surface area contributed by atoms with E-state index in [2.05, 4.69) is 6.07 Å². The van der Waals surface area contributed by atoms with Gasteiger partial charge in [0.1, 0.15) is 0 Å². The van der Waals surface area contributed by atoms with Gasteiger partial charge in [-0.25, -0.2) is 0 Å². The zero-order valence-corrected chi connectivity index (χ0v) is 7.52. The molecule has 0 aliphatic rings. The fourth-order valence-corrected chi connectivity index (χ4v) is 2.00. The minimum Gasteiger partial charge on any atom is -0.295 e. The third-order valence-corrected chi connectivity index (χ3v) is 2.74. The highest BCUT2D eigenvalue weighted by Gasteiger charge is 2.00. The number of thiophene rings is 1. The summed E-state index contributed by atoms with van der Waals surface area (Å²) in [6, 6.07) is 7.87. The second kappa shape index (κ2) is 2.72. The third kappa shape index (κ3) is 1.14. The van der Waals surface area contributed by atoms with Crippen LogP contribution in [0.2, 0.25) is 0 Å². The highest BCUT2D eigenvalue weighted by Crippen LogP contribution is 2.21. The number of fused-ring (bicyclic) bond motifs is 1. The number of rotatable bonds is 1. The van der Waals surface area contributed by atoms with E-state index in [1.54, 1.807) is 18.3 Å². The Balaban J connectivity index is 2.68. The molecule has 0 unspecified atom stereocenters. The Kier molecular flexibility index (Phi) is 1.70. The smallest absolute Gasteiger partial charge is 0.159 e. The molecule has 0 N–H and O–H groups in total. The van der Waals surface area contributed by atoms with Crippen molar-refractivity contribution in [1.82, 2.24) is 0 Å². The first kappa shape index (κ1) is 7.50. The first-order valence-electron chi connectivity index (χ1n) is 3.75. The van der Waals surface area contributed by atoms with Crippen molar-refractivity contribution >= 4 is 27.2 Å². The van der Waals surface area contributed by atoms with Crippen molar-refractivity contribution in [2.75, 3.05) is 0 Å².